The molecule has 0 saturated carbocycles. The third-order valence-electron chi connectivity index (χ3n) is 6.79. The van der Waals surface area contributed by atoms with Crippen molar-refractivity contribution in [1.29, 1.82) is 5.26 Å². The van der Waals surface area contributed by atoms with E-state index in [1.165, 1.54) is 10.7 Å². The van der Waals surface area contributed by atoms with Crippen molar-refractivity contribution in [2.45, 2.75) is 77.7 Å². The molecule has 2 N–H and O–H groups in total. The lowest BCUT2D eigenvalue weighted by molar-refractivity contribution is -0.137. The second-order valence-electron chi connectivity index (χ2n) is 11.1. The first-order chi connectivity index (χ1) is 18.8. The fraction of sp³-hybridized carbons (Fsp3) is 0.500. The second kappa shape index (κ2) is 11.2. The molecule has 0 unspecified atom stereocenters. The van der Waals surface area contributed by atoms with E-state index in [-0.39, 0.29) is 30.1 Å². The van der Waals surface area contributed by atoms with Gasteiger partial charge in [0, 0.05) is 24.8 Å². The Kier molecular flexibility index (Phi) is 8.14. The summed E-state index contributed by atoms with van der Waals surface area (Å²) in [5.74, 6) is 0.261. The number of aryl methyl sites for hydroxylation is 1. The van der Waals surface area contributed by atoms with E-state index in [1.54, 1.807) is 28.8 Å². The van der Waals surface area contributed by atoms with Crippen LogP contribution in [0.3, 0.4) is 0 Å². The van der Waals surface area contributed by atoms with E-state index in [9.17, 15) is 23.2 Å². The van der Waals surface area contributed by atoms with Crippen LogP contribution in [-0.2, 0) is 17.5 Å². The van der Waals surface area contributed by atoms with Crippen LogP contribution in [0, 0.1) is 18.3 Å². The summed E-state index contributed by atoms with van der Waals surface area (Å²) in [5, 5.41) is 19.1. The maximum Gasteiger partial charge on any atom is 0.416 e. The van der Waals surface area contributed by atoms with Crippen molar-refractivity contribution in [1.82, 2.24) is 24.5 Å². The molecule has 0 radical (unpaired) electrons. The molecule has 9 nitrogen and oxygen atoms in total. The Morgan fingerprint density at radius 2 is 1.85 bits per heavy atom. The highest BCUT2D eigenvalue weighted by Crippen LogP contribution is 2.34. The molecule has 1 amide bonds. The van der Waals surface area contributed by atoms with E-state index in [2.05, 4.69) is 11.2 Å². The number of aromatic nitrogens is 4. The van der Waals surface area contributed by atoms with Crippen molar-refractivity contribution < 1.29 is 22.7 Å². The molecule has 0 spiro atoms. The number of amides is 1. The molecule has 1 fully saturated rings. The SMILES string of the molecule is Cc1nn(Cc2cccc(C(F)(F)F)c2)cc1-c1nn(C2CCCN(C(=O)OC(C)(C)C)CCC2)c(N)c1C#N. The molecular weight excluding hydrogens is 523 g/mol. The fourth-order valence-electron chi connectivity index (χ4n) is 4.93. The molecule has 0 bridgehead atoms. The van der Waals surface area contributed by atoms with Crippen LogP contribution in [0.2, 0.25) is 0 Å². The Labute approximate surface area is 231 Å². The number of anilines is 1. The molecule has 1 aliphatic heterocycles. The lowest BCUT2D eigenvalue weighted by atomic mass is 10.0. The summed E-state index contributed by atoms with van der Waals surface area (Å²) in [6.45, 7) is 8.50. The average molecular weight is 558 g/mol. The molecule has 0 aliphatic carbocycles. The number of halogens is 3. The van der Waals surface area contributed by atoms with Gasteiger partial charge in [0.2, 0.25) is 0 Å². The van der Waals surface area contributed by atoms with E-state index in [0.717, 1.165) is 12.1 Å². The number of benzene rings is 1. The highest BCUT2D eigenvalue weighted by Gasteiger charge is 2.31. The Hall–Kier alpha value is -4.01. The molecule has 1 aromatic carbocycles. The number of nitriles is 1. The van der Waals surface area contributed by atoms with Gasteiger partial charge in [-0.1, -0.05) is 12.1 Å². The van der Waals surface area contributed by atoms with Crippen LogP contribution in [0.15, 0.2) is 30.5 Å². The Balaban J connectivity index is 1.53. The van der Waals surface area contributed by atoms with Crippen molar-refractivity contribution in [3.8, 4) is 17.3 Å². The lowest BCUT2D eigenvalue weighted by Crippen LogP contribution is -2.39. The topological polar surface area (TPSA) is 115 Å². The van der Waals surface area contributed by atoms with Gasteiger partial charge < -0.3 is 15.4 Å². The normalized spacial score (nSPS) is 15.4. The minimum Gasteiger partial charge on any atom is -0.444 e. The lowest BCUT2D eigenvalue weighted by Gasteiger charge is -2.30. The maximum atomic E-state index is 13.1. The van der Waals surface area contributed by atoms with E-state index in [0.29, 0.717) is 61.3 Å². The van der Waals surface area contributed by atoms with Crippen LogP contribution in [0.1, 0.15) is 74.9 Å². The number of nitrogen functional groups attached to an aromatic ring is 1. The maximum absolute atomic E-state index is 13.1. The van der Waals surface area contributed by atoms with Crippen LogP contribution < -0.4 is 5.73 Å². The van der Waals surface area contributed by atoms with Crippen LogP contribution in [0.4, 0.5) is 23.8 Å². The first-order valence-electron chi connectivity index (χ1n) is 13.2. The highest BCUT2D eigenvalue weighted by molar-refractivity contribution is 5.73. The van der Waals surface area contributed by atoms with Gasteiger partial charge in [-0.2, -0.15) is 28.6 Å². The molecule has 4 rings (SSSR count). The summed E-state index contributed by atoms with van der Waals surface area (Å²) in [6.07, 6.45) is -0.219. The fourth-order valence-corrected chi connectivity index (χ4v) is 4.93. The number of rotatable bonds is 4. The third kappa shape index (κ3) is 6.58. The Bertz CT molecular complexity index is 1400. The van der Waals surface area contributed by atoms with Gasteiger partial charge >= 0.3 is 12.3 Å². The van der Waals surface area contributed by atoms with E-state index in [4.69, 9.17) is 15.6 Å². The molecule has 12 heteroatoms. The van der Waals surface area contributed by atoms with E-state index in [1.807, 2.05) is 20.8 Å². The smallest absolute Gasteiger partial charge is 0.416 e. The Morgan fingerprint density at radius 1 is 1.18 bits per heavy atom. The van der Waals surface area contributed by atoms with Crippen molar-refractivity contribution >= 4 is 11.9 Å². The van der Waals surface area contributed by atoms with Crippen LogP contribution in [0.25, 0.3) is 11.3 Å². The number of nitrogens with zero attached hydrogens (tertiary/aromatic N) is 6. The number of likely N-dealkylation sites (tertiary alicyclic amines) is 1. The first-order valence-corrected chi connectivity index (χ1v) is 13.2. The van der Waals surface area contributed by atoms with Gasteiger partial charge in [-0.05, 0) is 71.1 Å². The number of hydrogen-bond donors (Lipinski definition) is 1. The third-order valence-corrected chi connectivity index (χ3v) is 6.79. The van der Waals surface area contributed by atoms with Gasteiger partial charge in [-0.3, -0.25) is 4.68 Å². The standard InChI is InChI=1S/C28H34F3N7O2/c1-18-23(17-37(34-18)16-19-8-5-9-20(14-19)28(29,30)31)24-22(15-32)25(33)38(35-24)21-10-6-12-36(13-7-11-21)26(39)40-27(2,3)4/h5,8-9,14,17,21H,6-7,10-13,16,33H2,1-4H3. The number of ether oxygens (including phenoxy) is 1. The van der Waals surface area contributed by atoms with E-state index < -0.39 is 17.3 Å². The van der Waals surface area contributed by atoms with E-state index >= 15 is 0 Å². The summed E-state index contributed by atoms with van der Waals surface area (Å²) in [7, 11) is 0. The summed E-state index contributed by atoms with van der Waals surface area (Å²) in [5.41, 5.74) is 7.39. The molecule has 3 heterocycles. The first kappa shape index (κ1) is 29.0. The minimum absolute atomic E-state index is 0.0536. The summed E-state index contributed by atoms with van der Waals surface area (Å²) < 4.78 is 48.2. The summed E-state index contributed by atoms with van der Waals surface area (Å²) >= 11 is 0. The molecule has 3 aromatic rings. The van der Waals surface area contributed by atoms with Crippen LogP contribution in [-0.4, -0.2) is 49.2 Å². The molecule has 2 aromatic heterocycles. The molecule has 1 aliphatic rings. The highest BCUT2D eigenvalue weighted by atomic mass is 19.4. The Morgan fingerprint density at radius 3 is 2.45 bits per heavy atom. The average Bonchev–Trinajstić information content (AvgIpc) is 3.36. The van der Waals surface area contributed by atoms with Crippen molar-refractivity contribution in [2.75, 3.05) is 18.8 Å². The van der Waals surface area contributed by atoms with Gasteiger partial charge in [0.1, 0.15) is 28.7 Å². The number of hydrogen-bond acceptors (Lipinski definition) is 6. The van der Waals surface area contributed by atoms with Crippen LogP contribution in [0.5, 0.6) is 0 Å². The molecular formula is C28H34F3N7O2. The van der Waals surface area contributed by atoms with Gasteiger partial charge in [-0.25, -0.2) is 9.48 Å². The number of alkyl halides is 3. The van der Waals surface area contributed by atoms with Crippen molar-refractivity contribution in [3.05, 3.63) is 52.8 Å². The van der Waals surface area contributed by atoms with Crippen molar-refractivity contribution in [2.24, 2.45) is 0 Å². The quantitative estimate of drug-likeness (QED) is 0.425. The molecule has 1 saturated heterocycles. The van der Waals surface area contributed by atoms with Gasteiger partial charge in [0.25, 0.3) is 0 Å². The van der Waals surface area contributed by atoms with Gasteiger partial charge in [0.05, 0.1) is 23.8 Å². The van der Waals surface area contributed by atoms with Gasteiger partial charge in [-0.15, -0.1) is 0 Å². The summed E-state index contributed by atoms with van der Waals surface area (Å²) in [6, 6.07) is 7.22. The van der Waals surface area contributed by atoms with Crippen molar-refractivity contribution in [3.63, 3.8) is 0 Å². The predicted octanol–water partition coefficient (Wildman–Crippen LogP) is 5.93. The molecule has 214 valence electrons. The monoisotopic (exact) mass is 557 g/mol. The molecule has 40 heavy (non-hydrogen) atoms. The number of carbonyl (C=O) groups is 1. The van der Waals surface area contributed by atoms with Gasteiger partial charge in [0.15, 0.2) is 0 Å². The number of nitrogens with two attached hydrogens (primary N) is 1. The zero-order chi connectivity index (χ0) is 29.2. The largest absolute Gasteiger partial charge is 0.444 e. The predicted molar refractivity (Wildman–Crippen MR) is 143 cm³/mol. The summed E-state index contributed by atoms with van der Waals surface area (Å²) in [4.78, 5) is 14.2. The van der Waals surface area contributed by atoms with Crippen LogP contribution >= 0.6 is 0 Å². The number of carbonyl (C=O) groups excluding carboxylic acids is 1. The molecule has 0 atom stereocenters. The minimum atomic E-state index is -4.43. The zero-order valence-corrected chi connectivity index (χ0v) is 23.1. The zero-order valence-electron chi connectivity index (χ0n) is 23.1. The second-order valence-corrected chi connectivity index (χ2v) is 11.1.